The van der Waals surface area contributed by atoms with Crippen LogP contribution in [0.1, 0.15) is 10.4 Å². The Balaban J connectivity index is 2.07. The van der Waals surface area contributed by atoms with Gasteiger partial charge in [-0.3, -0.25) is 15.4 Å². The van der Waals surface area contributed by atoms with Gasteiger partial charge in [0.1, 0.15) is 17.2 Å². The average molecular weight is 278 g/mol. The molecule has 20 heavy (non-hydrogen) atoms. The second kappa shape index (κ2) is 5.83. The second-order valence-corrected chi connectivity index (χ2v) is 3.58. The summed E-state index contributed by atoms with van der Waals surface area (Å²) in [7, 11) is 0. The van der Waals surface area contributed by atoms with Crippen LogP contribution in [0.4, 0.5) is 19.5 Å². The Morgan fingerprint density at radius 3 is 2.20 bits per heavy atom. The van der Waals surface area contributed by atoms with Gasteiger partial charge in [-0.25, -0.2) is 23.5 Å². The summed E-state index contributed by atoms with van der Waals surface area (Å²) in [6, 6.07) is 3.47. The first-order chi connectivity index (χ1) is 9.58. The highest BCUT2D eigenvalue weighted by molar-refractivity contribution is 6.07. The quantitative estimate of drug-likeness (QED) is 0.876. The minimum atomic E-state index is -1.20. The van der Waals surface area contributed by atoms with Gasteiger partial charge in [-0.1, -0.05) is 6.07 Å². The van der Waals surface area contributed by atoms with Crippen LogP contribution in [-0.4, -0.2) is 21.9 Å². The summed E-state index contributed by atoms with van der Waals surface area (Å²) in [6.07, 6.45) is 2.75. The summed E-state index contributed by atoms with van der Waals surface area (Å²) < 4.78 is 26.6. The molecule has 0 radical (unpaired) electrons. The van der Waals surface area contributed by atoms with E-state index in [1.54, 1.807) is 5.32 Å². The van der Waals surface area contributed by atoms with Crippen molar-refractivity contribution in [3.63, 3.8) is 0 Å². The number of imide groups is 1. The van der Waals surface area contributed by atoms with Gasteiger partial charge in [-0.2, -0.15) is 0 Å². The Morgan fingerprint density at radius 2 is 1.60 bits per heavy atom. The van der Waals surface area contributed by atoms with Crippen molar-refractivity contribution < 1.29 is 18.4 Å². The first-order valence-corrected chi connectivity index (χ1v) is 5.41. The molecule has 0 saturated heterocycles. The highest BCUT2D eigenvalue weighted by Crippen LogP contribution is 2.11. The van der Waals surface area contributed by atoms with Crippen LogP contribution < -0.4 is 10.6 Å². The van der Waals surface area contributed by atoms with Crippen LogP contribution in [0.25, 0.3) is 0 Å². The van der Waals surface area contributed by atoms with Gasteiger partial charge in [0.15, 0.2) is 0 Å². The summed E-state index contributed by atoms with van der Waals surface area (Å²) in [5.41, 5.74) is -0.836. The van der Waals surface area contributed by atoms with E-state index in [9.17, 15) is 18.4 Å². The van der Waals surface area contributed by atoms with Crippen molar-refractivity contribution >= 4 is 17.9 Å². The Kier molecular flexibility index (Phi) is 3.94. The summed E-state index contributed by atoms with van der Waals surface area (Å²) in [5, 5.41) is 3.92. The number of anilines is 1. The van der Waals surface area contributed by atoms with Crippen molar-refractivity contribution in [2.45, 2.75) is 0 Å². The Labute approximate surface area is 111 Å². The molecule has 0 aliphatic rings. The van der Waals surface area contributed by atoms with E-state index in [0.29, 0.717) is 0 Å². The molecule has 0 fully saturated rings. The van der Waals surface area contributed by atoms with Crippen LogP contribution in [-0.2, 0) is 0 Å². The number of urea groups is 1. The maximum absolute atomic E-state index is 13.3. The van der Waals surface area contributed by atoms with Crippen molar-refractivity contribution in [2.24, 2.45) is 0 Å². The first kappa shape index (κ1) is 13.5. The molecule has 8 heteroatoms. The molecule has 0 unspecified atom stereocenters. The largest absolute Gasteiger partial charge is 0.328 e. The monoisotopic (exact) mass is 278 g/mol. The van der Waals surface area contributed by atoms with Crippen molar-refractivity contribution in [3.05, 3.63) is 53.9 Å². The van der Waals surface area contributed by atoms with Crippen LogP contribution in [0.2, 0.25) is 0 Å². The number of nitrogens with one attached hydrogen (secondary N) is 2. The molecule has 1 aromatic carbocycles. The van der Waals surface area contributed by atoms with E-state index in [1.165, 1.54) is 18.5 Å². The topological polar surface area (TPSA) is 84.0 Å². The van der Waals surface area contributed by atoms with Gasteiger partial charge in [0.05, 0.1) is 0 Å². The molecule has 2 rings (SSSR count). The molecule has 0 bridgehead atoms. The summed E-state index contributed by atoms with van der Waals surface area (Å²) in [4.78, 5) is 30.4. The fourth-order valence-corrected chi connectivity index (χ4v) is 1.38. The summed E-state index contributed by atoms with van der Waals surface area (Å²) in [5.74, 6) is -3.38. The van der Waals surface area contributed by atoms with Gasteiger partial charge >= 0.3 is 6.03 Å². The zero-order valence-electron chi connectivity index (χ0n) is 9.93. The molecule has 0 aliphatic heterocycles. The number of carbonyl (C=O) groups is 2. The van der Waals surface area contributed by atoms with E-state index in [-0.39, 0.29) is 5.95 Å². The normalized spacial score (nSPS) is 9.90. The van der Waals surface area contributed by atoms with E-state index in [0.717, 1.165) is 18.2 Å². The minimum absolute atomic E-state index is 0.0493. The predicted molar refractivity (Wildman–Crippen MR) is 64.9 cm³/mol. The van der Waals surface area contributed by atoms with Crippen molar-refractivity contribution in [1.82, 2.24) is 15.3 Å². The highest BCUT2D eigenvalue weighted by Gasteiger charge is 2.19. The van der Waals surface area contributed by atoms with E-state index in [2.05, 4.69) is 15.3 Å². The third-order valence-electron chi connectivity index (χ3n) is 2.21. The molecular weight excluding hydrogens is 270 g/mol. The molecule has 102 valence electrons. The number of aromatic nitrogens is 2. The smallest absolute Gasteiger partial charge is 0.276 e. The number of nitrogens with zero attached hydrogens (tertiary/aromatic N) is 2. The van der Waals surface area contributed by atoms with E-state index < -0.39 is 29.1 Å². The number of hydrogen-bond donors (Lipinski definition) is 2. The zero-order valence-corrected chi connectivity index (χ0v) is 9.93. The van der Waals surface area contributed by atoms with Crippen LogP contribution in [0.15, 0.2) is 36.7 Å². The van der Waals surface area contributed by atoms with Gasteiger partial charge in [0, 0.05) is 12.4 Å². The third kappa shape index (κ3) is 3.10. The number of amides is 3. The Hall–Kier alpha value is -2.90. The lowest BCUT2D eigenvalue weighted by atomic mass is 10.2. The molecule has 0 atom stereocenters. The Bertz CT molecular complexity index is 629. The SMILES string of the molecule is O=C(NC(=O)c1c(F)cccc1F)Nc1ncccn1. The van der Waals surface area contributed by atoms with Gasteiger partial charge in [0.25, 0.3) is 5.91 Å². The van der Waals surface area contributed by atoms with Crippen molar-refractivity contribution in [3.8, 4) is 0 Å². The van der Waals surface area contributed by atoms with E-state index in [1.807, 2.05) is 0 Å². The predicted octanol–water partition coefficient (Wildman–Crippen LogP) is 1.72. The van der Waals surface area contributed by atoms with Crippen LogP contribution in [0, 0.1) is 11.6 Å². The van der Waals surface area contributed by atoms with Gasteiger partial charge in [-0.05, 0) is 18.2 Å². The fourth-order valence-electron chi connectivity index (χ4n) is 1.38. The molecular formula is C12H8F2N4O2. The summed E-state index contributed by atoms with van der Waals surface area (Å²) in [6.45, 7) is 0. The van der Waals surface area contributed by atoms with Crippen molar-refractivity contribution in [2.75, 3.05) is 5.32 Å². The summed E-state index contributed by atoms with van der Waals surface area (Å²) >= 11 is 0. The lowest BCUT2D eigenvalue weighted by Gasteiger charge is -2.06. The zero-order chi connectivity index (χ0) is 14.5. The number of hydrogen-bond acceptors (Lipinski definition) is 4. The molecule has 2 aromatic rings. The third-order valence-corrected chi connectivity index (χ3v) is 2.21. The van der Waals surface area contributed by atoms with Gasteiger partial charge in [-0.15, -0.1) is 0 Å². The lowest BCUT2D eigenvalue weighted by molar-refractivity contribution is 0.0959. The van der Waals surface area contributed by atoms with Crippen LogP contribution >= 0.6 is 0 Å². The van der Waals surface area contributed by atoms with E-state index in [4.69, 9.17) is 0 Å². The molecule has 0 aliphatic carbocycles. The number of rotatable bonds is 2. The maximum Gasteiger partial charge on any atom is 0.328 e. The highest BCUT2D eigenvalue weighted by atomic mass is 19.1. The number of benzene rings is 1. The average Bonchev–Trinajstić information content (AvgIpc) is 2.39. The molecule has 3 amide bonds. The molecule has 1 aromatic heterocycles. The van der Waals surface area contributed by atoms with E-state index >= 15 is 0 Å². The standard InChI is InChI=1S/C12H8F2N4O2/c13-7-3-1-4-8(14)9(7)10(19)17-12(20)18-11-15-5-2-6-16-11/h1-6H,(H2,15,16,17,18,19,20). The molecule has 1 heterocycles. The minimum Gasteiger partial charge on any atom is -0.276 e. The van der Waals surface area contributed by atoms with Crippen molar-refractivity contribution in [1.29, 1.82) is 0 Å². The van der Waals surface area contributed by atoms with Crippen LogP contribution in [0.3, 0.4) is 0 Å². The van der Waals surface area contributed by atoms with Crippen LogP contribution in [0.5, 0.6) is 0 Å². The maximum atomic E-state index is 13.3. The second-order valence-electron chi connectivity index (χ2n) is 3.58. The van der Waals surface area contributed by atoms with Gasteiger partial charge < -0.3 is 0 Å². The fraction of sp³-hybridized carbons (Fsp3) is 0. The molecule has 6 nitrogen and oxygen atoms in total. The molecule has 0 saturated carbocycles. The first-order valence-electron chi connectivity index (χ1n) is 5.41. The number of halogens is 2. The Morgan fingerprint density at radius 1 is 1.00 bits per heavy atom. The lowest BCUT2D eigenvalue weighted by Crippen LogP contribution is -2.35. The molecule has 2 N–H and O–H groups in total. The molecule has 0 spiro atoms. The van der Waals surface area contributed by atoms with Gasteiger partial charge in [0.2, 0.25) is 5.95 Å². The number of carbonyl (C=O) groups excluding carboxylic acids is 2.